The number of nitrogens with one attached hydrogen (secondary N) is 3. The molecule has 0 saturated carbocycles. The maximum Gasteiger partial charge on any atom is 0.268 e. The highest BCUT2D eigenvalue weighted by molar-refractivity contribution is 6.35. The topological polar surface area (TPSA) is 94.3 Å². The molecule has 1 unspecified atom stereocenters. The first kappa shape index (κ1) is 24.8. The second kappa shape index (κ2) is 8.93. The molecule has 0 aliphatic carbocycles. The molecular weight excluding hydrogens is 495 g/mol. The van der Waals surface area contributed by atoms with Gasteiger partial charge in [0, 0.05) is 24.0 Å². The molecule has 7 nitrogen and oxygen atoms in total. The molecule has 3 amide bonds. The molecule has 190 valence electrons. The highest BCUT2D eigenvalue weighted by Crippen LogP contribution is 2.46. The van der Waals surface area contributed by atoms with Crippen LogP contribution < -0.4 is 10.6 Å². The smallest absolute Gasteiger partial charge is 0.268 e. The van der Waals surface area contributed by atoms with Gasteiger partial charge in [0.1, 0.15) is 17.4 Å². The monoisotopic (exact) mass is 520 g/mol. The zero-order valence-corrected chi connectivity index (χ0v) is 21.2. The van der Waals surface area contributed by atoms with Gasteiger partial charge in [0.15, 0.2) is 0 Å². The van der Waals surface area contributed by atoms with E-state index < -0.39 is 35.0 Å². The fraction of sp³-hybridized carbons (Fsp3) is 0.321. The summed E-state index contributed by atoms with van der Waals surface area (Å²) in [7, 11) is 0. The Bertz CT molecular complexity index is 1470. The minimum Gasteiger partial charge on any atom is -0.349 e. The van der Waals surface area contributed by atoms with Gasteiger partial charge in [-0.05, 0) is 44.0 Å². The number of hydrogen-bond donors (Lipinski definition) is 3. The number of rotatable bonds is 5. The van der Waals surface area contributed by atoms with Crippen LogP contribution in [0.15, 0.2) is 48.5 Å². The van der Waals surface area contributed by atoms with E-state index in [0.717, 1.165) is 10.9 Å². The molecule has 9 heteroatoms. The van der Waals surface area contributed by atoms with Crippen LogP contribution in [0.2, 0.25) is 5.02 Å². The summed E-state index contributed by atoms with van der Waals surface area (Å²) in [5, 5.41) is 6.75. The number of alkyl halides is 1. The Morgan fingerprint density at radius 1 is 1.30 bits per heavy atom. The summed E-state index contributed by atoms with van der Waals surface area (Å²) in [5.41, 5.74) is -0.535. The second-order valence-electron chi connectivity index (χ2n) is 10.3. The lowest BCUT2D eigenvalue weighted by molar-refractivity contribution is -0.134. The fourth-order valence-electron chi connectivity index (χ4n) is 5.38. The number of nitrogens with zero attached hydrogens (tertiary/aromatic N) is 1. The van der Waals surface area contributed by atoms with Gasteiger partial charge in [0.2, 0.25) is 11.8 Å². The predicted octanol–water partition coefficient (Wildman–Crippen LogP) is 4.18. The Kier molecular flexibility index (Phi) is 5.99. The minimum atomic E-state index is -1.77. The van der Waals surface area contributed by atoms with Crippen molar-refractivity contribution in [2.75, 3.05) is 11.9 Å². The Morgan fingerprint density at radius 3 is 2.76 bits per heavy atom. The Hall–Kier alpha value is -3.83. The number of anilines is 1. The summed E-state index contributed by atoms with van der Waals surface area (Å²) in [6, 6.07) is 12.3. The number of carbonyl (C=O) groups is 3. The van der Waals surface area contributed by atoms with Crippen molar-refractivity contribution in [3.05, 3.63) is 64.8 Å². The van der Waals surface area contributed by atoms with Gasteiger partial charge in [-0.3, -0.25) is 14.4 Å². The number of halogens is 2. The van der Waals surface area contributed by atoms with Crippen molar-refractivity contribution in [3.8, 4) is 12.3 Å². The van der Waals surface area contributed by atoms with Crippen LogP contribution in [0.25, 0.3) is 10.9 Å². The number of hydrogen-bond acceptors (Lipinski definition) is 3. The van der Waals surface area contributed by atoms with Crippen LogP contribution in [0, 0.1) is 12.3 Å². The number of H-pyrrole nitrogens is 1. The Morgan fingerprint density at radius 2 is 2.05 bits per heavy atom. The van der Waals surface area contributed by atoms with Gasteiger partial charge in [-0.25, -0.2) is 4.39 Å². The number of benzene rings is 2. The first-order valence-corrected chi connectivity index (χ1v) is 12.3. The normalized spacial score (nSPS) is 21.5. The highest BCUT2D eigenvalue weighted by atomic mass is 35.5. The van der Waals surface area contributed by atoms with Crippen LogP contribution in [-0.2, 0) is 15.0 Å². The number of amides is 3. The summed E-state index contributed by atoms with van der Waals surface area (Å²) >= 11 is 6.22. The van der Waals surface area contributed by atoms with Crippen molar-refractivity contribution in [3.63, 3.8) is 0 Å². The molecule has 3 aromatic rings. The van der Waals surface area contributed by atoms with E-state index in [1.54, 1.807) is 30.3 Å². The van der Waals surface area contributed by atoms with Crippen LogP contribution >= 0.6 is 11.6 Å². The molecular formula is C28H26ClFN4O3. The van der Waals surface area contributed by atoms with E-state index in [4.69, 9.17) is 18.0 Å². The molecule has 37 heavy (non-hydrogen) atoms. The molecule has 0 bridgehead atoms. The van der Waals surface area contributed by atoms with Crippen molar-refractivity contribution in [2.45, 2.75) is 49.9 Å². The average molecular weight is 521 g/mol. The molecule has 1 saturated heterocycles. The van der Waals surface area contributed by atoms with Gasteiger partial charge in [-0.15, -0.1) is 6.42 Å². The van der Waals surface area contributed by atoms with Gasteiger partial charge in [-0.2, -0.15) is 0 Å². The van der Waals surface area contributed by atoms with E-state index in [1.807, 2.05) is 18.2 Å². The van der Waals surface area contributed by atoms with Gasteiger partial charge >= 0.3 is 0 Å². The van der Waals surface area contributed by atoms with E-state index in [9.17, 15) is 18.8 Å². The summed E-state index contributed by atoms with van der Waals surface area (Å²) in [5.74, 6) is 1.28. The third-order valence-corrected chi connectivity index (χ3v) is 7.42. The number of fused-ring (bicyclic) bond motifs is 3. The van der Waals surface area contributed by atoms with Crippen LogP contribution in [0.5, 0.6) is 0 Å². The number of carbonyl (C=O) groups excluding carboxylic acids is 3. The van der Waals surface area contributed by atoms with Gasteiger partial charge in [0.05, 0.1) is 22.0 Å². The lowest BCUT2D eigenvalue weighted by Gasteiger charge is -2.30. The van der Waals surface area contributed by atoms with Gasteiger partial charge in [-0.1, -0.05) is 47.9 Å². The summed E-state index contributed by atoms with van der Waals surface area (Å²) in [4.78, 5) is 44.5. The van der Waals surface area contributed by atoms with Crippen LogP contribution in [0.3, 0.4) is 0 Å². The SMILES string of the molecule is C#C[C@@H]1C[C@@]2(CN1C(=O)C(CC(C)(C)F)NC(=O)c1cc3cccc(Cl)c3[nH]1)C(=O)Nc1ccccc12. The fourth-order valence-corrected chi connectivity index (χ4v) is 5.61. The standard InChI is InChI=1S/C28H26ClFN4O3/c1-4-17-13-28(18-9-5-6-11-20(18)33-26(28)37)15-34(17)25(36)22(14-27(2,3)30)32-24(35)21-12-16-8-7-10-19(29)23(16)31-21/h1,5-12,17,22,31H,13-15H2,2-3H3,(H,32,35)(H,33,37)/t17-,22?,28+/m1/s1. The first-order chi connectivity index (χ1) is 17.5. The van der Waals surface area contributed by atoms with E-state index >= 15 is 0 Å². The van der Waals surface area contributed by atoms with Crippen LogP contribution in [0.4, 0.5) is 10.1 Å². The number of terminal acetylenes is 1. The van der Waals surface area contributed by atoms with Crippen LogP contribution in [0.1, 0.15) is 42.7 Å². The lowest BCUT2D eigenvalue weighted by Crippen LogP contribution is -2.52. The van der Waals surface area contributed by atoms with Crippen LogP contribution in [-0.4, -0.2) is 51.9 Å². The van der Waals surface area contributed by atoms with Crippen molar-refractivity contribution >= 4 is 45.9 Å². The van der Waals surface area contributed by atoms with E-state index in [-0.39, 0.29) is 31.0 Å². The van der Waals surface area contributed by atoms with E-state index in [2.05, 4.69) is 21.5 Å². The maximum atomic E-state index is 14.8. The number of likely N-dealkylation sites (tertiary alicyclic amines) is 1. The molecule has 1 spiro atoms. The molecule has 2 aromatic carbocycles. The largest absolute Gasteiger partial charge is 0.349 e. The average Bonchev–Trinajstić information content (AvgIpc) is 3.53. The van der Waals surface area contributed by atoms with Crippen molar-refractivity contribution in [2.24, 2.45) is 0 Å². The molecule has 3 heterocycles. The van der Waals surface area contributed by atoms with Crippen molar-refractivity contribution in [1.29, 1.82) is 0 Å². The molecule has 2 aliphatic heterocycles. The lowest BCUT2D eigenvalue weighted by atomic mass is 9.79. The second-order valence-corrected chi connectivity index (χ2v) is 10.7. The van der Waals surface area contributed by atoms with E-state index in [0.29, 0.717) is 16.2 Å². The van der Waals surface area contributed by atoms with Crippen molar-refractivity contribution in [1.82, 2.24) is 15.2 Å². The molecule has 0 radical (unpaired) electrons. The summed E-state index contributed by atoms with van der Waals surface area (Å²) in [6.45, 7) is 2.71. The molecule has 5 rings (SSSR count). The molecule has 1 aromatic heterocycles. The molecule has 3 atom stereocenters. The molecule has 3 N–H and O–H groups in total. The van der Waals surface area contributed by atoms with Crippen molar-refractivity contribution < 1.29 is 18.8 Å². The Labute approximate surface area is 218 Å². The summed E-state index contributed by atoms with van der Waals surface area (Å²) in [6.07, 6.45) is 5.76. The minimum absolute atomic E-state index is 0.0324. The van der Waals surface area contributed by atoms with E-state index in [1.165, 1.54) is 18.7 Å². The van der Waals surface area contributed by atoms with Gasteiger partial charge in [0.25, 0.3) is 5.91 Å². The Balaban J connectivity index is 1.44. The third kappa shape index (κ3) is 4.34. The molecule has 1 fully saturated rings. The zero-order valence-electron chi connectivity index (χ0n) is 20.4. The number of aromatic amines is 1. The number of aromatic nitrogens is 1. The van der Waals surface area contributed by atoms with Gasteiger partial charge < -0.3 is 20.5 Å². The highest BCUT2D eigenvalue weighted by Gasteiger charge is 2.56. The quantitative estimate of drug-likeness (QED) is 0.440. The first-order valence-electron chi connectivity index (χ1n) is 12.0. The number of para-hydroxylation sites is 2. The predicted molar refractivity (Wildman–Crippen MR) is 140 cm³/mol. The zero-order chi connectivity index (χ0) is 26.5. The third-order valence-electron chi connectivity index (χ3n) is 7.10. The maximum absolute atomic E-state index is 14.8. The molecule has 2 aliphatic rings. The summed E-state index contributed by atoms with van der Waals surface area (Å²) < 4.78 is 14.8.